The summed E-state index contributed by atoms with van der Waals surface area (Å²) in [4.78, 5) is 13.0. The van der Waals surface area contributed by atoms with Crippen LogP contribution in [-0.2, 0) is 17.6 Å². The highest BCUT2D eigenvalue weighted by Gasteiger charge is 2.25. The van der Waals surface area contributed by atoms with Gasteiger partial charge in [0, 0.05) is 11.4 Å². The molecule has 0 saturated carbocycles. The largest absolute Gasteiger partial charge is 0.388 e. The van der Waals surface area contributed by atoms with Crippen molar-refractivity contribution < 1.29 is 9.90 Å². The third-order valence-electron chi connectivity index (χ3n) is 4.33. The van der Waals surface area contributed by atoms with Crippen LogP contribution in [0.2, 0.25) is 0 Å². The first-order valence-corrected chi connectivity index (χ1v) is 8.61. The van der Waals surface area contributed by atoms with Crippen LogP contribution >= 0.6 is 11.8 Å². The van der Waals surface area contributed by atoms with Gasteiger partial charge in [-0.05, 0) is 55.4 Å². The molecule has 1 aliphatic rings. The van der Waals surface area contributed by atoms with Gasteiger partial charge in [-0.25, -0.2) is 0 Å². The predicted octanol–water partition coefficient (Wildman–Crippen LogP) is 2.79. The summed E-state index contributed by atoms with van der Waals surface area (Å²) >= 11 is 1.56. The van der Waals surface area contributed by atoms with E-state index in [1.165, 1.54) is 24.0 Å². The number of nitrogens with one attached hydrogen (secondary N) is 1. The van der Waals surface area contributed by atoms with Crippen LogP contribution in [0, 0.1) is 5.92 Å². The standard InChI is InChI=1S/C17H25NO2S/c1-12(2)17(3,20)11-18-16(19)10-21-15-8-7-13-5-4-6-14(13)9-15/h7-9,12,20H,4-6,10-11H2,1-3H3,(H,18,19)/t17-/m0/s1. The van der Waals surface area contributed by atoms with E-state index in [0.717, 1.165) is 11.3 Å². The molecule has 0 heterocycles. The molecule has 1 atom stereocenters. The lowest BCUT2D eigenvalue weighted by Gasteiger charge is -2.27. The molecule has 0 bridgehead atoms. The van der Waals surface area contributed by atoms with Gasteiger partial charge in [-0.3, -0.25) is 4.79 Å². The molecule has 0 saturated heterocycles. The first-order valence-electron chi connectivity index (χ1n) is 7.62. The number of hydrogen-bond donors (Lipinski definition) is 2. The smallest absolute Gasteiger partial charge is 0.230 e. The van der Waals surface area contributed by atoms with Crippen LogP contribution < -0.4 is 5.32 Å². The summed E-state index contributed by atoms with van der Waals surface area (Å²) in [5.41, 5.74) is 2.04. The summed E-state index contributed by atoms with van der Waals surface area (Å²) < 4.78 is 0. The molecule has 1 aromatic carbocycles. The zero-order valence-corrected chi connectivity index (χ0v) is 13.9. The third kappa shape index (κ3) is 4.48. The predicted molar refractivity (Wildman–Crippen MR) is 87.7 cm³/mol. The number of aryl methyl sites for hydroxylation is 2. The van der Waals surface area contributed by atoms with Gasteiger partial charge in [-0.15, -0.1) is 11.8 Å². The Balaban J connectivity index is 1.79. The zero-order chi connectivity index (χ0) is 15.5. The summed E-state index contributed by atoms with van der Waals surface area (Å²) in [6.45, 7) is 5.96. The van der Waals surface area contributed by atoms with Crippen LogP contribution in [0.4, 0.5) is 0 Å². The van der Waals surface area contributed by atoms with Crippen LogP contribution in [0.25, 0.3) is 0 Å². The molecule has 21 heavy (non-hydrogen) atoms. The van der Waals surface area contributed by atoms with Gasteiger partial charge >= 0.3 is 0 Å². The number of amides is 1. The lowest BCUT2D eigenvalue weighted by atomic mass is 9.93. The number of rotatable bonds is 6. The lowest BCUT2D eigenvalue weighted by Crippen LogP contribution is -2.44. The fraction of sp³-hybridized carbons (Fsp3) is 0.588. The van der Waals surface area contributed by atoms with E-state index in [0.29, 0.717) is 12.3 Å². The molecule has 1 aliphatic carbocycles. The first-order chi connectivity index (χ1) is 9.88. The highest BCUT2D eigenvalue weighted by Crippen LogP contribution is 2.27. The van der Waals surface area contributed by atoms with Crippen molar-refractivity contribution in [3.8, 4) is 0 Å². The van der Waals surface area contributed by atoms with E-state index in [4.69, 9.17) is 0 Å². The van der Waals surface area contributed by atoms with Gasteiger partial charge in [0.05, 0.1) is 11.4 Å². The van der Waals surface area contributed by atoms with Gasteiger partial charge in [0.2, 0.25) is 5.91 Å². The Morgan fingerprint density at radius 1 is 1.38 bits per heavy atom. The molecule has 2 N–H and O–H groups in total. The van der Waals surface area contributed by atoms with Gasteiger partial charge < -0.3 is 10.4 Å². The van der Waals surface area contributed by atoms with E-state index < -0.39 is 5.60 Å². The van der Waals surface area contributed by atoms with Crippen molar-refractivity contribution in [3.05, 3.63) is 29.3 Å². The molecule has 0 unspecified atom stereocenters. The average Bonchev–Trinajstić information content (AvgIpc) is 2.90. The first kappa shape index (κ1) is 16.4. The summed E-state index contributed by atoms with van der Waals surface area (Å²) in [6.07, 6.45) is 3.59. The molecule has 0 aromatic heterocycles. The van der Waals surface area contributed by atoms with Gasteiger partial charge in [0.15, 0.2) is 0 Å². The average molecular weight is 307 g/mol. The molecule has 3 nitrogen and oxygen atoms in total. The molecule has 116 valence electrons. The number of thioether (sulfide) groups is 1. The second-order valence-corrected chi connectivity index (χ2v) is 7.41. The summed E-state index contributed by atoms with van der Waals surface area (Å²) in [5, 5.41) is 12.9. The van der Waals surface area contributed by atoms with Crippen molar-refractivity contribution in [2.75, 3.05) is 12.3 Å². The van der Waals surface area contributed by atoms with E-state index in [1.54, 1.807) is 18.7 Å². The maximum Gasteiger partial charge on any atom is 0.230 e. The minimum absolute atomic E-state index is 0.0265. The zero-order valence-electron chi connectivity index (χ0n) is 13.1. The van der Waals surface area contributed by atoms with E-state index in [1.807, 2.05) is 13.8 Å². The Hall–Kier alpha value is -1.00. The van der Waals surface area contributed by atoms with Crippen molar-refractivity contribution in [1.29, 1.82) is 0 Å². The van der Waals surface area contributed by atoms with Crippen LogP contribution in [0.15, 0.2) is 23.1 Å². The fourth-order valence-corrected chi connectivity index (χ4v) is 3.11. The van der Waals surface area contributed by atoms with Crippen molar-refractivity contribution in [2.45, 2.75) is 50.5 Å². The maximum absolute atomic E-state index is 11.9. The number of carbonyl (C=O) groups is 1. The topological polar surface area (TPSA) is 49.3 Å². The lowest BCUT2D eigenvalue weighted by molar-refractivity contribution is -0.120. The number of fused-ring (bicyclic) bond motifs is 1. The van der Waals surface area contributed by atoms with Crippen molar-refractivity contribution in [3.63, 3.8) is 0 Å². The molecule has 0 spiro atoms. The summed E-state index contributed by atoms with van der Waals surface area (Å²) in [6, 6.07) is 6.50. The molecular weight excluding hydrogens is 282 g/mol. The van der Waals surface area contributed by atoms with E-state index >= 15 is 0 Å². The minimum atomic E-state index is -0.853. The van der Waals surface area contributed by atoms with Crippen molar-refractivity contribution >= 4 is 17.7 Å². The molecule has 0 radical (unpaired) electrons. The third-order valence-corrected chi connectivity index (χ3v) is 5.32. The molecule has 2 rings (SSSR count). The van der Waals surface area contributed by atoms with Crippen LogP contribution in [0.1, 0.15) is 38.3 Å². The Kier molecular flexibility index (Phi) is 5.33. The molecule has 1 amide bonds. The van der Waals surface area contributed by atoms with Crippen LogP contribution in [0.5, 0.6) is 0 Å². The number of benzene rings is 1. The van der Waals surface area contributed by atoms with Crippen LogP contribution in [0.3, 0.4) is 0 Å². The number of carbonyl (C=O) groups excluding carboxylic acids is 1. The maximum atomic E-state index is 11.9. The molecule has 1 aromatic rings. The second-order valence-electron chi connectivity index (χ2n) is 6.36. The van der Waals surface area contributed by atoms with Crippen LogP contribution in [-0.4, -0.2) is 28.9 Å². The number of hydrogen-bond acceptors (Lipinski definition) is 3. The second kappa shape index (κ2) is 6.84. The minimum Gasteiger partial charge on any atom is -0.388 e. The van der Waals surface area contributed by atoms with Crippen molar-refractivity contribution in [1.82, 2.24) is 5.32 Å². The monoisotopic (exact) mass is 307 g/mol. The molecule has 4 heteroatoms. The molecular formula is C17H25NO2S. The fourth-order valence-electron chi connectivity index (χ4n) is 2.32. The normalized spacial score (nSPS) is 16.6. The summed E-state index contributed by atoms with van der Waals surface area (Å²) in [7, 11) is 0. The SMILES string of the molecule is CC(C)[C@@](C)(O)CNC(=O)CSc1ccc2c(c1)CCC2. The highest BCUT2D eigenvalue weighted by molar-refractivity contribution is 8.00. The van der Waals surface area contributed by atoms with E-state index in [2.05, 4.69) is 23.5 Å². The Bertz CT molecular complexity index is 512. The van der Waals surface area contributed by atoms with Gasteiger partial charge in [0.1, 0.15) is 0 Å². The Morgan fingerprint density at radius 3 is 2.81 bits per heavy atom. The summed E-state index contributed by atoms with van der Waals surface area (Å²) in [5.74, 6) is 0.482. The number of aliphatic hydroxyl groups is 1. The molecule has 0 aliphatic heterocycles. The Labute approximate surface area is 131 Å². The van der Waals surface area contributed by atoms with Gasteiger partial charge in [0.25, 0.3) is 0 Å². The Morgan fingerprint density at radius 2 is 2.10 bits per heavy atom. The quantitative estimate of drug-likeness (QED) is 0.795. The molecule has 0 fully saturated rings. The van der Waals surface area contributed by atoms with E-state index in [9.17, 15) is 9.90 Å². The van der Waals surface area contributed by atoms with Gasteiger partial charge in [-0.2, -0.15) is 0 Å². The highest BCUT2D eigenvalue weighted by atomic mass is 32.2. The van der Waals surface area contributed by atoms with Gasteiger partial charge in [-0.1, -0.05) is 19.9 Å². The van der Waals surface area contributed by atoms with E-state index in [-0.39, 0.29) is 11.8 Å². The van der Waals surface area contributed by atoms with Crippen molar-refractivity contribution in [2.24, 2.45) is 5.92 Å².